The minimum absolute atomic E-state index is 0.211. The standard InChI is InChI=1S/C30H38N4O2/c31-19-8-7-9-23-14-16-24(17-15-23)18-20-33-30(36)28(22-26-12-5-2-6-13-26)34-29(35)27(32)21-25-10-3-1-4-11-25/h1-6,10-17,27-28H,7-9,18-22,31-32H2,(H,33,36)(H,34,35)/t27-,28-/m0/s1. The zero-order valence-electron chi connectivity index (χ0n) is 20.9. The first-order chi connectivity index (χ1) is 17.5. The molecule has 2 atom stereocenters. The van der Waals surface area contributed by atoms with Crippen LogP contribution in [0.4, 0.5) is 0 Å². The molecule has 0 heterocycles. The van der Waals surface area contributed by atoms with Gasteiger partial charge in [0.2, 0.25) is 11.8 Å². The highest BCUT2D eigenvalue weighted by molar-refractivity contribution is 5.90. The first-order valence-electron chi connectivity index (χ1n) is 12.7. The van der Waals surface area contributed by atoms with Crippen LogP contribution >= 0.6 is 0 Å². The lowest BCUT2D eigenvalue weighted by Gasteiger charge is -2.21. The van der Waals surface area contributed by atoms with Gasteiger partial charge < -0.3 is 22.1 Å². The highest BCUT2D eigenvalue weighted by atomic mass is 16.2. The minimum atomic E-state index is -0.734. The third kappa shape index (κ3) is 9.29. The molecule has 0 aliphatic carbocycles. The van der Waals surface area contributed by atoms with Crippen LogP contribution in [0.1, 0.15) is 35.1 Å². The SMILES string of the molecule is NCCCCc1ccc(CCNC(=O)[C@H](Cc2ccccc2)NC(=O)[C@@H](N)Cc2ccccc2)cc1. The minimum Gasteiger partial charge on any atom is -0.354 e. The van der Waals surface area contributed by atoms with E-state index in [-0.39, 0.29) is 11.8 Å². The van der Waals surface area contributed by atoms with E-state index >= 15 is 0 Å². The van der Waals surface area contributed by atoms with Crippen molar-refractivity contribution in [1.29, 1.82) is 0 Å². The molecule has 6 heteroatoms. The number of benzene rings is 3. The molecule has 36 heavy (non-hydrogen) atoms. The maximum atomic E-state index is 13.1. The van der Waals surface area contributed by atoms with Gasteiger partial charge in [0.05, 0.1) is 6.04 Å². The van der Waals surface area contributed by atoms with Gasteiger partial charge in [0.15, 0.2) is 0 Å². The Morgan fingerprint density at radius 3 is 1.81 bits per heavy atom. The third-order valence-corrected chi connectivity index (χ3v) is 6.21. The molecule has 0 saturated carbocycles. The summed E-state index contributed by atoms with van der Waals surface area (Å²) in [6.07, 6.45) is 4.68. The van der Waals surface area contributed by atoms with Gasteiger partial charge in [-0.15, -0.1) is 0 Å². The first-order valence-corrected chi connectivity index (χ1v) is 12.7. The molecule has 0 fully saturated rings. The summed E-state index contributed by atoms with van der Waals surface area (Å²) in [5.41, 5.74) is 16.1. The van der Waals surface area contributed by atoms with E-state index in [0.717, 1.165) is 42.5 Å². The predicted molar refractivity (Wildman–Crippen MR) is 145 cm³/mol. The second-order valence-electron chi connectivity index (χ2n) is 9.15. The second kappa shape index (κ2) is 14.8. The van der Waals surface area contributed by atoms with Gasteiger partial charge in [0, 0.05) is 13.0 Å². The van der Waals surface area contributed by atoms with Gasteiger partial charge in [-0.25, -0.2) is 0 Å². The average Bonchev–Trinajstić information content (AvgIpc) is 2.90. The second-order valence-corrected chi connectivity index (χ2v) is 9.15. The fraction of sp³-hybridized carbons (Fsp3) is 0.333. The molecule has 0 spiro atoms. The molecule has 3 aromatic carbocycles. The molecule has 2 amide bonds. The number of amides is 2. The van der Waals surface area contributed by atoms with Crippen molar-refractivity contribution < 1.29 is 9.59 Å². The summed E-state index contributed by atoms with van der Waals surface area (Å²) in [5.74, 6) is -0.544. The summed E-state index contributed by atoms with van der Waals surface area (Å²) in [6.45, 7) is 1.21. The van der Waals surface area contributed by atoms with Crippen molar-refractivity contribution in [1.82, 2.24) is 10.6 Å². The summed E-state index contributed by atoms with van der Waals surface area (Å²) >= 11 is 0. The van der Waals surface area contributed by atoms with Crippen LogP contribution in [0.25, 0.3) is 0 Å². The maximum Gasteiger partial charge on any atom is 0.242 e. The molecule has 6 nitrogen and oxygen atoms in total. The fourth-order valence-corrected chi connectivity index (χ4v) is 4.10. The Balaban J connectivity index is 1.55. The van der Waals surface area contributed by atoms with Gasteiger partial charge in [0.1, 0.15) is 6.04 Å². The lowest BCUT2D eigenvalue weighted by atomic mass is 10.0. The van der Waals surface area contributed by atoms with Crippen molar-refractivity contribution in [2.75, 3.05) is 13.1 Å². The van der Waals surface area contributed by atoms with E-state index in [1.54, 1.807) is 0 Å². The number of carbonyl (C=O) groups is 2. The molecular weight excluding hydrogens is 448 g/mol. The number of carbonyl (C=O) groups excluding carboxylic acids is 2. The van der Waals surface area contributed by atoms with Crippen molar-refractivity contribution in [3.05, 3.63) is 107 Å². The highest BCUT2D eigenvalue weighted by Gasteiger charge is 2.24. The molecule has 0 radical (unpaired) electrons. The summed E-state index contributed by atoms with van der Waals surface area (Å²) in [5, 5.41) is 5.87. The van der Waals surface area contributed by atoms with Gasteiger partial charge in [-0.2, -0.15) is 0 Å². The van der Waals surface area contributed by atoms with Crippen molar-refractivity contribution in [2.45, 2.75) is 50.6 Å². The number of unbranched alkanes of at least 4 members (excludes halogenated alkanes) is 1. The number of nitrogens with two attached hydrogens (primary N) is 2. The Hall–Kier alpha value is -3.48. The van der Waals surface area contributed by atoms with Gasteiger partial charge in [-0.05, 0) is 60.9 Å². The number of hydrogen-bond acceptors (Lipinski definition) is 4. The molecular formula is C30H38N4O2. The summed E-state index contributed by atoms with van der Waals surface area (Å²) in [4.78, 5) is 25.9. The molecule has 0 bridgehead atoms. The van der Waals surface area contributed by atoms with Crippen LogP contribution in [0.3, 0.4) is 0 Å². The zero-order valence-corrected chi connectivity index (χ0v) is 20.9. The van der Waals surface area contributed by atoms with Crippen LogP contribution in [0.2, 0.25) is 0 Å². The molecule has 0 aliphatic heterocycles. The van der Waals surface area contributed by atoms with E-state index in [0.29, 0.717) is 25.8 Å². The molecule has 0 unspecified atom stereocenters. The number of aryl methyl sites for hydroxylation is 1. The lowest BCUT2D eigenvalue weighted by Crippen LogP contribution is -2.53. The monoisotopic (exact) mass is 486 g/mol. The first kappa shape index (κ1) is 27.1. The predicted octanol–water partition coefficient (Wildman–Crippen LogP) is 2.92. The van der Waals surface area contributed by atoms with E-state index < -0.39 is 12.1 Å². The summed E-state index contributed by atoms with van der Waals surface area (Å²) < 4.78 is 0. The van der Waals surface area contributed by atoms with E-state index in [2.05, 4.69) is 34.9 Å². The molecule has 0 aliphatic rings. The zero-order chi connectivity index (χ0) is 25.6. The van der Waals surface area contributed by atoms with Crippen LogP contribution in [-0.4, -0.2) is 37.0 Å². The van der Waals surface area contributed by atoms with Crippen molar-refractivity contribution in [3.63, 3.8) is 0 Å². The molecule has 190 valence electrons. The number of nitrogens with one attached hydrogen (secondary N) is 2. The van der Waals surface area contributed by atoms with Gasteiger partial charge >= 0.3 is 0 Å². The average molecular weight is 487 g/mol. The smallest absolute Gasteiger partial charge is 0.242 e. The Morgan fingerprint density at radius 1 is 0.667 bits per heavy atom. The van der Waals surface area contributed by atoms with Crippen LogP contribution < -0.4 is 22.1 Å². The maximum absolute atomic E-state index is 13.1. The van der Waals surface area contributed by atoms with Crippen LogP contribution in [0.15, 0.2) is 84.9 Å². The van der Waals surface area contributed by atoms with Crippen LogP contribution in [-0.2, 0) is 35.3 Å². The number of hydrogen-bond donors (Lipinski definition) is 4. The Bertz CT molecular complexity index is 1060. The summed E-state index contributed by atoms with van der Waals surface area (Å²) in [6, 6.07) is 26.4. The third-order valence-electron chi connectivity index (χ3n) is 6.21. The van der Waals surface area contributed by atoms with E-state index in [1.165, 1.54) is 5.56 Å². The van der Waals surface area contributed by atoms with E-state index in [4.69, 9.17) is 11.5 Å². The largest absolute Gasteiger partial charge is 0.354 e. The highest BCUT2D eigenvalue weighted by Crippen LogP contribution is 2.09. The Labute approximate surface area is 214 Å². The molecule has 6 N–H and O–H groups in total. The Kier molecular flexibility index (Phi) is 11.2. The quantitative estimate of drug-likeness (QED) is 0.263. The van der Waals surface area contributed by atoms with E-state index in [1.807, 2.05) is 60.7 Å². The Morgan fingerprint density at radius 2 is 1.22 bits per heavy atom. The van der Waals surface area contributed by atoms with Gasteiger partial charge in [-0.3, -0.25) is 9.59 Å². The van der Waals surface area contributed by atoms with Crippen molar-refractivity contribution in [2.24, 2.45) is 11.5 Å². The lowest BCUT2D eigenvalue weighted by molar-refractivity contribution is -0.129. The van der Waals surface area contributed by atoms with Crippen LogP contribution in [0.5, 0.6) is 0 Å². The van der Waals surface area contributed by atoms with Gasteiger partial charge in [0.25, 0.3) is 0 Å². The van der Waals surface area contributed by atoms with E-state index in [9.17, 15) is 9.59 Å². The number of rotatable bonds is 14. The summed E-state index contributed by atoms with van der Waals surface area (Å²) in [7, 11) is 0. The molecule has 3 aromatic rings. The van der Waals surface area contributed by atoms with Crippen LogP contribution in [0, 0.1) is 0 Å². The van der Waals surface area contributed by atoms with Crippen molar-refractivity contribution in [3.8, 4) is 0 Å². The normalized spacial score (nSPS) is 12.5. The topological polar surface area (TPSA) is 110 Å². The van der Waals surface area contributed by atoms with Gasteiger partial charge in [-0.1, -0.05) is 84.9 Å². The van der Waals surface area contributed by atoms with Crippen molar-refractivity contribution >= 4 is 11.8 Å². The fourth-order valence-electron chi connectivity index (χ4n) is 4.10. The molecule has 3 rings (SSSR count). The molecule has 0 aromatic heterocycles. The molecule has 0 saturated heterocycles.